The van der Waals surface area contributed by atoms with Crippen LogP contribution in [-0.4, -0.2) is 14.7 Å². The van der Waals surface area contributed by atoms with Crippen molar-refractivity contribution in [1.29, 1.82) is 0 Å². The molecular weight excluding hydrogens is 278 g/mol. The van der Waals surface area contributed by atoms with Crippen LogP contribution >= 0.6 is 0 Å². The third kappa shape index (κ3) is 2.61. The number of aromatic nitrogens is 2. The van der Waals surface area contributed by atoms with E-state index in [-0.39, 0.29) is 5.69 Å². The standard InChI is InChI=1S/C17H15N3O2/c1-12-3-5-14(6-4-12)17-13(2)11-19(18-17)15-7-9-16(10-8-15)20(21)22/h3-11H,1-2H3. The highest BCUT2D eigenvalue weighted by Gasteiger charge is 2.10. The molecule has 0 saturated carbocycles. The normalized spacial score (nSPS) is 10.6. The number of benzene rings is 2. The Balaban J connectivity index is 1.98. The molecule has 0 bridgehead atoms. The van der Waals surface area contributed by atoms with Gasteiger partial charge in [0, 0.05) is 23.9 Å². The van der Waals surface area contributed by atoms with Gasteiger partial charge in [0.2, 0.25) is 0 Å². The van der Waals surface area contributed by atoms with Crippen LogP contribution in [0.5, 0.6) is 0 Å². The van der Waals surface area contributed by atoms with Crippen LogP contribution in [-0.2, 0) is 0 Å². The van der Waals surface area contributed by atoms with Crippen LogP contribution in [0.2, 0.25) is 0 Å². The molecule has 3 aromatic rings. The lowest BCUT2D eigenvalue weighted by Gasteiger charge is -2.01. The van der Waals surface area contributed by atoms with Gasteiger partial charge < -0.3 is 0 Å². The van der Waals surface area contributed by atoms with E-state index in [1.54, 1.807) is 16.8 Å². The Kier molecular flexibility index (Phi) is 3.47. The van der Waals surface area contributed by atoms with Crippen LogP contribution in [0.1, 0.15) is 11.1 Å². The van der Waals surface area contributed by atoms with Crippen LogP contribution in [0.4, 0.5) is 5.69 Å². The molecule has 5 heteroatoms. The van der Waals surface area contributed by atoms with Crippen LogP contribution in [0.25, 0.3) is 16.9 Å². The number of non-ortho nitro benzene ring substituents is 1. The summed E-state index contributed by atoms with van der Waals surface area (Å²) >= 11 is 0. The molecule has 1 heterocycles. The van der Waals surface area contributed by atoms with Gasteiger partial charge in [0.1, 0.15) is 0 Å². The molecule has 1 aromatic heterocycles. The van der Waals surface area contributed by atoms with Gasteiger partial charge in [-0.1, -0.05) is 29.8 Å². The summed E-state index contributed by atoms with van der Waals surface area (Å²) in [6.45, 7) is 4.05. The summed E-state index contributed by atoms with van der Waals surface area (Å²) in [6, 6.07) is 14.6. The number of hydrogen-bond acceptors (Lipinski definition) is 3. The van der Waals surface area contributed by atoms with E-state index in [1.165, 1.54) is 17.7 Å². The lowest BCUT2D eigenvalue weighted by molar-refractivity contribution is -0.384. The van der Waals surface area contributed by atoms with Gasteiger partial charge in [-0.25, -0.2) is 4.68 Å². The Morgan fingerprint density at radius 3 is 2.23 bits per heavy atom. The first-order valence-electron chi connectivity index (χ1n) is 6.93. The Bertz CT molecular complexity index is 818. The summed E-state index contributed by atoms with van der Waals surface area (Å²) in [6.07, 6.45) is 1.93. The second kappa shape index (κ2) is 5.44. The minimum atomic E-state index is -0.407. The van der Waals surface area contributed by atoms with Gasteiger partial charge in [0.25, 0.3) is 5.69 Å². The van der Waals surface area contributed by atoms with Crippen LogP contribution in [0.15, 0.2) is 54.7 Å². The van der Waals surface area contributed by atoms with Crippen molar-refractivity contribution in [3.8, 4) is 16.9 Å². The first-order valence-corrected chi connectivity index (χ1v) is 6.93. The zero-order valence-electron chi connectivity index (χ0n) is 12.4. The van der Waals surface area contributed by atoms with Crippen molar-refractivity contribution in [3.63, 3.8) is 0 Å². The molecule has 0 saturated heterocycles. The first-order chi connectivity index (χ1) is 10.5. The van der Waals surface area contributed by atoms with Crippen molar-refractivity contribution in [3.05, 3.63) is 76.0 Å². The van der Waals surface area contributed by atoms with Gasteiger partial charge in [-0.15, -0.1) is 0 Å². The lowest BCUT2D eigenvalue weighted by Crippen LogP contribution is -1.95. The Labute approximate surface area is 128 Å². The predicted molar refractivity (Wildman–Crippen MR) is 85.1 cm³/mol. The number of nitro groups is 1. The summed E-state index contributed by atoms with van der Waals surface area (Å²) < 4.78 is 1.74. The average molecular weight is 293 g/mol. The van der Waals surface area contributed by atoms with Gasteiger partial charge in [0.15, 0.2) is 0 Å². The van der Waals surface area contributed by atoms with E-state index in [0.29, 0.717) is 0 Å². The van der Waals surface area contributed by atoms with Crippen molar-refractivity contribution in [1.82, 2.24) is 9.78 Å². The van der Waals surface area contributed by atoms with Crippen LogP contribution in [0.3, 0.4) is 0 Å². The zero-order valence-corrected chi connectivity index (χ0v) is 12.4. The minimum Gasteiger partial charge on any atom is -0.258 e. The Morgan fingerprint density at radius 2 is 1.64 bits per heavy atom. The van der Waals surface area contributed by atoms with E-state index in [1.807, 2.05) is 32.2 Å². The highest BCUT2D eigenvalue weighted by Crippen LogP contribution is 2.24. The third-order valence-corrected chi connectivity index (χ3v) is 3.55. The highest BCUT2D eigenvalue weighted by atomic mass is 16.6. The molecule has 0 amide bonds. The maximum atomic E-state index is 10.7. The minimum absolute atomic E-state index is 0.0754. The van der Waals surface area contributed by atoms with Gasteiger partial charge in [-0.3, -0.25) is 10.1 Å². The van der Waals surface area contributed by atoms with E-state index in [9.17, 15) is 10.1 Å². The summed E-state index contributed by atoms with van der Waals surface area (Å²) in [4.78, 5) is 10.3. The van der Waals surface area contributed by atoms with E-state index < -0.39 is 4.92 Å². The summed E-state index contributed by atoms with van der Waals surface area (Å²) in [5.41, 5.74) is 5.11. The van der Waals surface area contributed by atoms with Crippen LogP contribution in [0, 0.1) is 24.0 Å². The van der Waals surface area contributed by atoms with Gasteiger partial charge in [-0.05, 0) is 31.5 Å². The van der Waals surface area contributed by atoms with Crippen molar-refractivity contribution in [2.24, 2.45) is 0 Å². The summed E-state index contributed by atoms with van der Waals surface area (Å²) in [5, 5.41) is 15.3. The second-order valence-corrected chi connectivity index (χ2v) is 5.24. The molecule has 5 nitrogen and oxygen atoms in total. The predicted octanol–water partition coefficient (Wildman–Crippen LogP) is 4.06. The van der Waals surface area contributed by atoms with Crippen molar-refractivity contribution < 1.29 is 4.92 Å². The maximum Gasteiger partial charge on any atom is 0.269 e. The molecule has 0 spiro atoms. The number of rotatable bonds is 3. The molecule has 0 radical (unpaired) electrons. The van der Waals surface area contributed by atoms with Crippen molar-refractivity contribution >= 4 is 5.69 Å². The maximum absolute atomic E-state index is 10.7. The quantitative estimate of drug-likeness (QED) is 0.540. The number of hydrogen-bond donors (Lipinski definition) is 0. The van der Waals surface area contributed by atoms with E-state index in [0.717, 1.165) is 22.5 Å². The zero-order chi connectivity index (χ0) is 15.7. The molecule has 0 aliphatic carbocycles. The molecule has 110 valence electrons. The molecule has 0 aliphatic heterocycles. The molecule has 22 heavy (non-hydrogen) atoms. The fraction of sp³-hybridized carbons (Fsp3) is 0.118. The second-order valence-electron chi connectivity index (χ2n) is 5.24. The summed E-state index contributed by atoms with van der Waals surface area (Å²) in [5.74, 6) is 0. The number of nitrogens with zero attached hydrogens (tertiary/aromatic N) is 3. The highest BCUT2D eigenvalue weighted by molar-refractivity contribution is 5.63. The Hall–Kier alpha value is -2.95. The third-order valence-electron chi connectivity index (χ3n) is 3.55. The van der Waals surface area contributed by atoms with Gasteiger partial charge in [-0.2, -0.15) is 5.10 Å². The Morgan fingerprint density at radius 1 is 1.00 bits per heavy atom. The first kappa shape index (κ1) is 14.0. The van der Waals surface area contributed by atoms with Gasteiger partial charge in [0.05, 0.1) is 16.3 Å². The molecule has 3 rings (SSSR count). The van der Waals surface area contributed by atoms with Gasteiger partial charge >= 0.3 is 0 Å². The van der Waals surface area contributed by atoms with E-state index in [4.69, 9.17) is 0 Å². The molecule has 2 aromatic carbocycles. The van der Waals surface area contributed by atoms with E-state index in [2.05, 4.69) is 17.2 Å². The van der Waals surface area contributed by atoms with Crippen molar-refractivity contribution in [2.75, 3.05) is 0 Å². The lowest BCUT2D eigenvalue weighted by atomic mass is 10.1. The summed E-state index contributed by atoms with van der Waals surface area (Å²) in [7, 11) is 0. The molecule has 0 aliphatic rings. The molecule has 0 atom stereocenters. The molecule has 0 unspecified atom stereocenters. The topological polar surface area (TPSA) is 61.0 Å². The fourth-order valence-corrected chi connectivity index (χ4v) is 2.32. The van der Waals surface area contributed by atoms with Crippen molar-refractivity contribution in [2.45, 2.75) is 13.8 Å². The fourth-order valence-electron chi connectivity index (χ4n) is 2.32. The van der Waals surface area contributed by atoms with E-state index >= 15 is 0 Å². The number of nitro benzene ring substituents is 1. The number of aryl methyl sites for hydroxylation is 2. The molecule has 0 N–H and O–H groups in total. The molecule has 0 fully saturated rings. The van der Waals surface area contributed by atoms with Crippen LogP contribution < -0.4 is 0 Å². The largest absolute Gasteiger partial charge is 0.269 e. The molecular formula is C17H15N3O2. The SMILES string of the molecule is Cc1ccc(-c2nn(-c3ccc([N+](=O)[O-])cc3)cc2C)cc1. The smallest absolute Gasteiger partial charge is 0.258 e. The average Bonchev–Trinajstić information content (AvgIpc) is 2.90. The monoisotopic (exact) mass is 293 g/mol.